The molecule has 1 saturated heterocycles. The van der Waals surface area contributed by atoms with Crippen molar-refractivity contribution >= 4 is 34.0 Å². The van der Waals surface area contributed by atoms with Crippen LogP contribution in [0.3, 0.4) is 0 Å². The van der Waals surface area contributed by atoms with Crippen LogP contribution in [0, 0.1) is 12.7 Å². The molecule has 0 aliphatic carbocycles. The van der Waals surface area contributed by atoms with Gasteiger partial charge in [-0.2, -0.15) is 0 Å². The van der Waals surface area contributed by atoms with E-state index in [4.69, 9.17) is 0 Å². The Bertz CT molecular complexity index is 802. The summed E-state index contributed by atoms with van der Waals surface area (Å²) in [5.41, 5.74) is 0.802. The number of halogens is 1. The number of urea groups is 1. The van der Waals surface area contributed by atoms with E-state index in [0.29, 0.717) is 42.6 Å². The van der Waals surface area contributed by atoms with Gasteiger partial charge in [0.1, 0.15) is 10.8 Å². The van der Waals surface area contributed by atoms with E-state index in [1.54, 1.807) is 17.0 Å². The molecule has 1 aliphatic heterocycles. The highest BCUT2D eigenvalue weighted by Gasteiger charge is 2.23. The number of nitrogens with zero attached hydrogens (tertiary/aromatic N) is 4. The minimum atomic E-state index is -0.421. The molecule has 1 aliphatic rings. The molecule has 0 spiro atoms. The number of hydrogen-bond donors (Lipinski definition) is 1. The lowest BCUT2D eigenvalue weighted by molar-refractivity contribution is 0.101. The average molecular weight is 363 g/mol. The maximum atomic E-state index is 14.2. The number of piperazine rings is 1. The fourth-order valence-corrected chi connectivity index (χ4v) is 3.23. The molecule has 2 aromatic rings. The van der Waals surface area contributed by atoms with E-state index >= 15 is 0 Å². The Kier molecular flexibility index (Phi) is 4.93. The van der Waals surface area contributed by atoms with E-state index < -0.39 is 5.82 Å². The molecular formula is C16H18FN5O2S. The SMILES string of the molecule is CC(=O)c1ccc(N2CCN(C(=O)Nc3nnc(C)s3)CC2)c(F)c1. The van der Waals surface area contributed by atoms with Crippen LogP contribution in [0.5, 0.6) is 0 Å². The number of anilines is 2. The number of hydrogen-bond acceptors (Lipinski definition) is 6. The number of carbonyl (C=O) groups is 2. The first-order valence-electron chi connectivity index (χ1n) is 7.85. The second-order valence-electron chi connectivity index (χ2n) is 5.75. The maximum Gasteiger partial charge on any atom is 0.323 e. The van der Waals surface area contributed by atoms with Crippen LogP contribution in [0.25, 0.3) is 0 Å². The zero-order chi connectivity index (χ0) is 18.0. The highest BCUT2D eigenvalue weighted by Crippen LogP contribution is 2.23. The molecule has 1 N–H and O–H groups in total. The molecule has 2 amide bonds. The van der Waals surface area contributed by atoms with Crippen LogP contribution in [0.1, 0.15) is 22.3 Å². The zero-order valence-electron chi connectivity index (χ0n) is 14.0. The van der Waals surface area contributed by atoms with Crippen LogP contribution in [-0.4, -0.2) is 53.1 Å². The number of aromatic nitrogens is 2. The number of aryl methyl sites for hydroxylation is 1. The van der Waals surface area contributed by atoms with Crippen molar-refractivity contribution in [2.24, 2.45) is 0 Å². The second kappa shape index (κ2) is 7.14. The first-order chi connectivity index (χ1) is 11.9. The second-order valence-corrected chi connectivity index (χ2v) is 6.93. The minimum absolute atomic E-state index is 0.168. The van der Waals surface area contributed by atoms with E-state index in [-0.39, 0.29) is 11.8 Å². The van der Waals surface area contributed by atoms with E-state index in [1.807, 2.05) is 11.8 Å². The summed E-state index contributed by atoms with van der Waals surface area (Å²) in [4.78, 5) is 27.1. The van der Waals surface area contributed by atoms with Crippen molar-refractivity contribution in [2.75, 3.05) is 36.4 Å². The summed E-state index contributed by atoms with van der Waals surface area (Å²) >= 11 is 1.31. The van der Waals surface area contributed by atoms with Gasteiger partial charge in [-0.05, 0) is 32.0 Å². The zero-order valence-corrected chi connectivity index (χ0v) is 14.8. The predicted molar refractivity (Wildman–Crippen MR) is 93.9 cm³/mol. The molecular weight excluding hydrogens is 345 g/mol. The van der Waals surface area contributed by atoms with Gasteiger partial charge in [0.15, 0.2) is 5.78 Å². The quantitative estimate of drug-likeness (QED) is 0.848. The van der Waals surface area contributed by atoms with Crippen molar-refractivity contribution in [3.05, 3.63) is 34.6 Å². The molecule has 1 fully saturated rings. The Morgan fingerprint density at radius 2 is 1.92 bits per heavy atom. The number of benzene rings is 1. The topological polar surface area (TPSA) is 78.4 Å². The van der Waals surface area contributed by atoms with Gasteiger partial charge in [-0.15, -0.1) is 10.2 Å². The van der Waals surface area contributed by atoms with Crippen molar-refractivity contribution < 1.29 is 14.0 Å². The Morgan fingerprint density at radius 3 is 2.48 bits per heavy atom. The summed E-state index contributed by atoms with van der Waals surface area (Å²) in [6, 6.07) is 4.26. The van der Waals surface area contributed by atoms with Gasteiger partial charge in [-0.1, -0.05) is 11.3 Å². The fourth-order valence-electron chi connectivity index (χ4n) is 2.65. The van der Waals surface area contributed by atoms with Crippen molar-refractivity contribution in [3.63, 3.8) is 0 Å². The van der Waals surface area contributed by atoms with Crippen LogP contribution in [0.4, 0.5) is 20.0 Å². The lowest BCUT2D eigenvalue weighted by Crippen LogP contribution is -2.50. The Hall–Kier alpha value is -2.55. The fraction of sp³-hybridized carbons (Fsp3) is 0.375. The van der Waals surface area contributed by atoms with Crippen LogP contribution in [-0.2, 0) is 0 Å². The van der Waals surface area contributed by atoms with Crippen LogP contribution in [0.2, 0.25) is 0 Å². The smallest absolute Gasteiger partial charge is 0.323 e. The van der Waals surface area contributed by atoms with Crippen molar-refractivity contribution in [2.45, 2.75) is 13.8 Å². The van der Waals surface area contributed by atoms with E-state index in [2.05, 4.69) is 15.5 Å². The number of carbonyl (C=O) groups excluding carboxylic acids is 2. The molecule has 0 radical (unpaired) electrons. The highest BCUT2D eigenvalue weighted by atomic mass is 32.1. The van der Waals surface area contributed by atoms with E-state index in [9.17, 15) is 14.0 Å². The average Bonchev–Trinajstić information content (AvgIpc) is 2.99. The van der Waals surface area contributed by atoms with Gasteiger partial charge in [-0.3, -0.25) is 10.1 Å². The van der Waals surface area contributed by atoms with Crippen molar-refractivity contribution in [1.29, 1.82) is 0 Å². The van der Waals surface area contributed by atoms with Crippen LogP contribution < -0.4 is 10.2 Å². The predicted octanol–water partition coefficient (Wildman–Crippen LogP) is 2.54. The standard InChI is InChI=1S/C16H18FN5O2S/c1-10(23)12-3-4-14(13(17)9-12)21-5-7-22(8-6-21)16(24)18-15-20-19-11(2)25-15/h3-4,9H,5-8H2,1-2H3,(H,18,20,24). The lowest BCUT2D eigenvalue weighted by Gasteiger charge is -2.36. The largest absolute Gasteiger partial charge is 0.366 e. The van der Waals surface area contributed by atoms with Gasteiger partial charge >= 0.3 is 6.03 Å². The minimum Gasteiger partial charge on any atom is -0.366 e. The molecule has 0 saturated carbocycles. The summed E-state index contributed by atoms with van der Waals surface area (Å²) in [5, 5.41) is 11.7. The Balaban J connectivity index is 1.60. The summed E-state index contributed by atoms with van der Waals surface area (Å²) in [6.45, 7) is 5.19. The van der Waals surface area contributed by atoms with E-state index in [1.165, 1.54) is 24.3 Å². The van der Waals surface area contributed by atoms with Crippen molar-refractivity contribution in [1.82, 2.24) is 15.1 Å². The Morgan fingerprint density at radius 1 is 1.20 bits per heavy atom. The van der Waals surface area contributed by atoms with Gasteiger partial charge in [0.25, 0.3) is 0 Å². The van der Waals surface area contributed by atoms with Gasteiger partial charge in [0, 0.05) is 31.7 Å². The molecule has 25 heavy (non-hydrogen) atoms. The molecule has 1 aromatic carbocycles. The van der Waals surface area contributed by atoms with Gasteiger partial charge in [0.05, 0.1) is 5.69 Å². The molecule has 0 atom stereocenters. The van der Waals surface area contributed by atoms with Gasteiger partial charge in [-0.25, -0.2) is 9.18 Å². The number of rotatable bonds is 3. The number of Topliss-reactive ketones (excluding diaryl/α,β-unsaturated/α-hetero) is 1. The van der Waals surface area contributed by atoms with Crippen LogP contribution >= 0.6 is 11.3 Å². The maximum absolute atomic E-state index is 14.2. The van der Waals surface area contributed by atoms with E-state index in [0.717, 1.165) is 5.01 Å². The molecule has 9 heteroatoms. The molecule has 2 heterocycles. The van der Waals surface area contributed by atoms with Gasteiger partial charge < -0.3 is 9.80 Å². The third-order valence-corrected chi connectivity index (χ3v) is 4.76. The lowest BCUT2D eigenvalue weighted by atomic mass is 10.1. The van der Waals surface area contributed by atoms with Crippen LogP contribution in [0.15, 0.2) is 18.2 Å². The third kappa shape index (κ3) is 3.93. The summed E-state index contributed by atoms with van der Waals surface area (Å²) in [6.07, 6.45) is 0. The first-order valence-corrected chi connectivity index (χ1v) is 8.67. The third-order valence-electron chi connectivity index (χ3n) is 4.00. The first kappa shape index (κ1) is 17.3. The molecule has 0 unspecified atom stereocenters. The highest BCUT2D eigenvalue weighted by molar-refractivity contribution is 7.15. The Labute approximate surface area is 148 Å². The summed E-state index contributed by atoms with van der Waals surface area (Å²) in [7, 11) is 0. The molecule has 0 bridgehead atoms. The molecule has 7 nitrogen and oxygen atoms in total. The number of nitrogens with one attached hydrogen (secondary N) is 1. The molecule has 3 rings (SSSR count). The normalized spacial score (nSPS) is 14.5. The van der Waals surface area contributed by atoms with Gasteiger partial charge in [0.2, 0.25) is 5.13 Å². The summed E-state index contributed by atoms with van der Waals surface area (Å²) in [5.74, 6) is -0.589. The molecule has 1 aromatic heterocycles. The monoisotopic (exact) mass is 363 g/mol. The number of ketones is 1. The summed E-state index contributed by atoms with van der Waals surface area (Å²) < 4.78 is 14.2. The number of amides is 2. The molecule has 132 valence electrons. The van der Waals surface area contributed by atoms with Crippen molar-refractivity contribution in [3.8, 4) is 0 Å².